The van der Waals surface area contributed by atoms with Crippen LogP contribution in [0.25, 0.3) is 0 Å². The molecule has 0 saturated heterocycles. The topological polar surface area (TPSA) is 29.1 Å². The number of hydrogen-bond acceptors (Lipinski definition) is 1. The van der Waals surface area contributed by atoms with Crippen molar-refractivity contribution < 1.29 is 10.1 Å². The minimum atomic E-state index is -2.34. The van der Waals surface area contributed by atoms with Gasteiger partial charge in [0.25, 0.3) is 8.31 Å². The van der Waals surface area contributed by atoms with Gasteiger partial charge in [-0.25, -0.2) is 0 Å². The molecule has 0 aliphatic carbocycles. The molecule has 0 heterocycles. The summed E-state index contributed by atoms with van der Waals surface area (Å²) in [5.74, 6) is 0. The van der Waals surface area contributed by atoms with Gasteiger partial charge in [0.1, 0.15) is 0 Å². The largest absolute Gasteiger partial charge is 0.300 e. The fourth-order valence-electron chi connectivity index (χ4n) is 0.0472. The molecule has 0 fully saturated rings. The van der Waals surface area contributed by atoms with Gasteiger partial charge in [-0.2, -0.15) is 4.89 Å². The van der Waals surface area contributed by atoms with Crippen LogP contribution >= 0.6 is 58.0 Å². The SMILES string of the molecule is [O]OC(Cl)(Cl)C(Cl)(Cl)Cl. The summed E-state index contributed by atoms with van der Waals surface area (Å²) in [6.45, 7) is 0. The van der Waals surface area contributed by atoms with Crippen LogP contribution in [0.5, 0.6) is 0 Å². The molecule has 0 bridgehead atoms. The third kappa shape index (κ3) is 2.85. The standard InChI is InChI=1S/C2Cl5O2/c3-1(4,5)2(6,7)9-8. The maximum absolute atomic E-state index is 9.58. The van der Waals surface area contributed by atoms with Crippen molar-refractivity contribution in [2.45, 2.75) is 8.31 Å². The van der Waals surface area contributed by atoms with Crippen molar-refractivity contribution in [2.24, 2.45) is 0 Å². The van der Waals surface area contributed by atoms with Crippen LogP contribution in [0.3, 0.4) is 0 Å². The zero-order chi connectivity index (χ0) is 7.71. The molecule has 0 spiro atoms. The third-order valence-electron chi connectivity index (χ3n) is 0.435. The lowest BCUT2D eigenvalue weighted by atomic mass is 10.8. The molecule has 0 N–H and O–H groups in total. The van der Waals surface area contributed by atoms with Gasteiger partial charge in [-0.1, -0.05) is 58.0 Å². The fourth-order valence-corrected chi connectivity index (χ4v) is 0.142. The first kappa shape index (κ1) is 10.4. The second-order valence-electron chi connectivity index (χ2n) is 1.10. The first-order chi connectivity index (χ1) is 3.81. The molecule has 7 heteroatoms. The van der Waals surface area contributed by atoms with Gasteiger partial charge < -0.3 is 0 Å². The fraction of sp³-hybridized carbons (Fsp3) is 1.00. The van der Waals surface area contributed by atoms with Crippen molar-refractivity contribution in [1.29, 1.82) is 0 Å². The van der Waals surface area contributed by atoms with E-state index in [2.05, 4.69) is 4.89 Å². The number of hydrogen-bond donors (Lipinski definition) is 0. The van der Waals surface area contributed by atoms with E-state index < -0.39 is 8.31 Å². The molecule has 0 unspecified atom stereocenters. The van der Waals surface area contributed by atoms with Crippen molar-refractivity contribution in [3.8, 4) is 0 Å². The van der Waals surface area contributed by atoms with Gasteiger partial charge in [0.05, 0.1) is 0 Å². The second kappa shape index (κ2) is 3.18. The highest BCUT2D eigenvalue weighted by atomic mass is 35.6. The zero-order valence-corrected chi connectivity index (χ0v) is 7.49. The molecule has 0 aliphatic rings. The van der Waals surface area contributed by atoms with Gasteiger partial charge in [0.2, 0.25) is 0 Å². The van der Waals surface area contributed by atoms with Crippen LogP contribution in [0, 0.1) is 0 Å². The van der Waals surface area contributed by atoms with Crippen LogP contribution in [0.2, 0.25) is 0 Å². The summed E-state index contributed by atoms with van der Waals surface area (Å²) in [7, 11) is 0. The van der Waals surface area contributed by atoms with E-state index in [9.17, 15) is 5.26 Å². The smallest absolute Gasteiger partial charge is 0.159 e. The summed E-state index contributed by atoms with van der Waals surface area (Å²) in [6, 6.07) is 0. The molecule has 2 nitrogen and oxygen atoms in total. The van der Waals surface area contributed by atoms with E-state index in [0.717, 1.165) is 0 Å². The van der Waals surface area contributed by atoms with Gasteiger partial charge in [0.15, 0.2) is 0 Å². The monoisotopic (exact) mass is 231 g/mol. The Hall–Kier alpha value is 1.37. The van der Waals surface area contributed by atoms with Gasteiger partial charge in [0, 0.05) is 0 Å². The zero-order valence-electron chi connectivity index (χ0n) is 3.71. The van der Waals surface area contributed by atoms with Crippen LogP contribution in [-0.2, 0) is 10.1 Å². The molecule has 0 aliphatic heterocycles. The average Bonchev–Trinajstić information content (AvgIpc) is 1.64. The lowest BCUT2D eigenvalue weighted by molar-refractivity contribution is -0.327. The maximum atomic E-state index is 9.58. The second-order valence-corrected chi connectivity index (χ2v) is 4.64. The minimum absolute atomic E-state index is 2.14. The number of alkyl halides is 5. The molecule has 9 heavy (non-hydrogen) atoms. The highest BCUT2D eigenvalue weighted by Crippen LogP contribution is 2.46. The predicted molar refractivity (Wildman–Crippen MR) is 36.5 cm³/mol. The Morgan fingerprint density at radius 3 is 1.33 bits per heavy atom. The van der Waals surface area contributed by atoms with E-state index >= 15 is 0 Å². The summed E-state index contributed by atoms with van der Waals surface area (Å²) < 4.78 is -4.48. The van der Waals surface area contributed by atoms with E-state index in [1.807, 2.05) is 0 Å². The Bertz CT molecular complexity index is 95.6. The Labute approximate surface area is 76.5 Å². The highest BCUT2D eigenvalue weighted by Gasteiger charge is 2.48. The molecule has 55 valence electrons. The van der Waals surface area contributed by atoms with Gasteiger partial charge in [-0.15, -0.1) is 0 Å². The molecule has 0 atom stereocenters. The molecule has 0 rings (SSSR count). The Balaban J connectivity index is 4.14. The summed E-state index contributed by atoms with van der Waals surface area (Å²) in [6.07, 6.45) is 0. The highest BCUT2D eigenvalue weighted by molar-refractivity contribution is 6.75. The molecule has 0 saturated carbocycles. The van der Waals surface area contributed by atoms with Crippen molar-refractivity contribution in [3.63, 3.8) is 0 Å². The summed E-state index contributed by atoms with van der Waals surface area (Å²) in [5, 5.41) is 9.58. The van der Waals surface area contributed by atoms with Crippen molar-refractivity contribution in [1.82, 2.24) is 0 Å². The van der Waals surface area contributed by atoms with E-state index in [0.29, 0.717) is 0 Å². The predicted octanol–water partition coefficient (Wildman–Crippen LogP) is 2.85. The van der Waals surface area contributed by atoms with E-state index in [4.69, 9.17) is 58.0 Å². The van der Waals surface area contributed by atoms with Gasteiger partial charge in [-0.3, -0.25) is 0 Å². The van der Waals surface area contributed by atoms with Crippen molar-refractivity contribution in [2.75, 3.05) is 0 Å². The minimum Gasteiger partial charge on any atom is -0.159 e. The first-order valence-electron chi connectivity index (χ1n) is 1.57. The lowest BCUT2D eigenvalue weighted by Crippen LogP contribution is -2.32. The quantitative estimate of drug-likeness (QED) is 0.389. The van der Waals surface area contributed by atoms with Crippen LogP contribution < -0.4 is 0 Å². The summed E-state index contributed by atoms with van der Waals surface area (Å²) in [4.78, 5) is 3.19. The molecule has 0 amide bonds. The maximum Gasteiger partial charge on any atom is 0.300 e. The molecular weight excluding hydrogens is 233 g/mol. The molecule has 1 radical (unpaired) electrons. The molecule has 0 aromatic carbocycles. The summed E-state index contributed by atoms with van der Waals surface area (Å²) >= 11 is 25.3. The number of rotatable bonds is 1. The normalized spacial score (nSPS) is 14.0. The van der Waals surface area contributed by atoms with E-state index in [1.165, 1.54) is 0 Å². The van der Waals surface area contributed by atoms with E-state index in [1.54, 1.807) is 0 Å². The van der Waals surface area contributed by atoms with E-state index in [-0.39, 0.29) is 0 Å². The number of halogens is 5. The Morgan fingerprint density at radius 1 is 1.00 bits per heavy atom. The van der Waals surface area contributed by atoms with Crippen LogP contribution in [0.15, 0.2) is 0 Å². The molecule has 0 aromatic heterocycles. The Kier molecular flexibility index (Phi) is 3.66. The van der Waals surface area contributed by atoms with Gasteiger partial charge >= 0.3 is 0 Å². The van der Waals surface area contributed by atoms with Crippen LogP contribution in [0.1, 0.15) is 0 Å². The van der Waals surface area contributed by atoms with Crippen LogP contribution in [0.4, 0.5) is 0 Å². The van der Waals surface area contributed by atoms with Crippen LogP contribution in [-0.4, -0.2) is 8.31 Å². The molecular formula is C2Cl5O2. The average molecular weight is 233 g/mol. The first-order valence-corrected chi connectivity index (χ1v) is 3.46. The third-order valence-corrected chi connectivity index (χ3v) is 2.51. The van der Waals surface area contributed by atoms with Crippen molar-refractivity contribution in [3.05, 3.63) is 0 Å². The Morgan fingerprint density at radius 2 is 1.33 bits per heavy atom. The molecule has 0 aromatic rings. The summed E-state index contributed by atoms with van der Waals surface area (Å²) in [5.41, 5.74) is 0. The van der Waals surface area contributed by atoms with Crippen molar-refractivity contribution >= 4 is 58.0 Å². The van der Waals surface area contributed by atoms with Gasteiger partial charge in [-0.05, 0) is 5.26 Å². The lowest BCUT2D eigenvalue weighted by Gasteiger charge is -2.21.